The van der Waals surface area contributed by atoms with Crippen molar-refractivity contribution in [2.75, 3.05) is 0 Å². The van der Waals surface area contributed by atoms with Crippen molar-refractivity contribution in [1.29, 1.82) is 0 Å². The summed E-state index contributed by atoms with van der Waals surface area (Å²) in [6.07, 6.45) is -12.7. The Labute approximate surface area is 105 Å². The zero-order valence-corrected chi connectivity index (χ0v) is 9.01. The van der Waals surface area contributed by atoms with Gasteiger partial charge in [0.1, 0.15) is 0 Å². The van der Waals surface area contributed by atoms with E-state index in [1.165, 1.54) is 0 Å². The molecule has 0 saturated carbocycles. The van der Waals surface area contributed by atoms with Gasteiger partial charge in [0.2, 0.25) is 0 Å². The van der Waals surface area contributed by atoms with Crippen LogP contribution in [-0.4, -0.2) is 12.4 Å². The molecule has 1 aromatic rings. The molecule has 0 unspecified atom stereocenters. The van der Waals surface area contributed by atoms with E-state index < -0.39 is 35.3 Å². The highest BCUT2D eigenvalue weighted by Crippen LogP contribution is 2.51. The quantitative estimate of drug-likeness (QED) is 0.688. The van der Waals surface area contributed by atoms with Gasteiger partial charge in [0.05, 0.1) is 0 Å². The number of alkyl halides is 10. The molecule has 0 N–H and O–H groups in total. The third-order valence-corrected chi connectivity index (χ3v) is 2.22. The van der Waals surface area contributed by atoms with Crippen LogP contribution in [0.15, 0.2) is 18.2 Å². The zero-order chi connectivity index (χ0) is 16.0. The van der Waals surface area contributed by atoms with Gasteiger partial charge >= 0.3 is 24.2 Å². The van der Waals surface area contributed by atoms with Gasteiger partial charge in [-0.05, 0) is 6.07 Å². The molecule has 1 aromatic carbocycles. The maximum absolute atomic E-state index is 13.0. The van der Waals surface area contributed by atoms with Gasteiger partial charge in [-0.15, -0.1) is 0 Å². The van der Waals surface area contributed by atoms with Gasteiger partial charge in [-0.3, -0.25) is 0 Å². The first-order valence-electron chi connectivity index (χ1n) is 4.63. The molecule has 1 rings (SSSR count). The Morgan fingerprint density at radius 2 is 1.15 bits per heavy atom. The summed E-state index contributed by atoms with van der Waals surface area (Å²) < 4.78 is 125. The maximum Gasteiger partial charge on any atom is 0.458 e. The van der Waals surface area contributed by atoms with Crippen molar-refractivity contribution in [2.45, 2.75) is 24.2 Å². The van der Waals surface area contributed by atoms with Crippen LogP contribution in [0.4, 0.5) is 43.9 Å². The molecule has 0 atom stereocenters. The summed E-state index contributed by atoms with van der Waals surface area (Å²) in [5.74, 6) is -11.8. The van der Waals surface area contributed by atoms with Gasteiger partial charge < -0.3 is 0 Å². The normalized spacial score (nSPS) is 14.5. The topological polar surface area (TPSA) is 0 Å². The minimum absolute atomic E-state index is 0.154. The predicted molar refractivity (Wildman–Crippen MR) is 45.2 cm³/mol. The highest BCUT2D eigenvalue weighted by Gasteiger charge is 2.65. The number of halogens is 10. The fraction of sp³-hybridized carbons (Fsp3) is 0.400. The highest BCUT2D eigenvalue weighted by atomic mass is 19.4. The van der Waals surface area contributed by atoms with Gasteiger partial charge in [0.25, 0.3) is 0 Å². The lowest BCUT2D eigenvalue weighted by Gasteiger charge is -2.26. The molecule has 0 bridgehead atoms. The Morgan fingerprint density at radius 3 is 1.55 bits per heavy atom. The molecular weight excluding hydrogens is 310 g/mol. The number of hydrogen-bond acceptors (Lipinski definition) is 0. The van der Waals surface area contributed by atoms with Crippen LogP contribution in [0.2, 0.25) is 0 Å². The molecule has 113 valence electrons. The van der Waals surface area contributed by atoms with Crippen molar-refractivity contribution in [3.05, 3.63) is 35.4 Å². The van der Waals surface area contributed by atoms with E-state index in [0.29, 0.717) is 12.1 Å². The summed E-state index contributed by atoms with van der Waals surface area (Å²) in [5.41, 5.74) is -5.05. The van der Waals surface area contributed by atoms with E-state index in [-0.39, 0.29) is 6.07 Å². The Kier molecular flexibility index (Phi) is 3.75. The summed E-state index contributed by atoms with van der Waals surface area (Å²) in [6, 6.07) is 1.79. The van der Waals surface area contributed by atoms with Gasteiger partial charge in [0.15, 0.2) is 0 Å². The lowest BCUT2D eigenvalue weighted by atomic mass is 9.96. The first-order valence-corrected chi connectivity index (χ1v) is 4.63. The largest absolute Gasteiger partial charge is 0.458 e. The third-order valence-electron chi connectivity index (χ3n) is 2.22. The Balaban J connectivity index is 3.55. The van der Waals surface area contributed by atoms with Crippen molar-refractivity contribution in [1.82, 2.24) is 0 Å². The molecule has 0 spiro atoms. The Hall–Kier alpha value is -1.48. The first kappa shape index (κ1) is 16.6. The molecule has 0 heterocycles. The summed E-state index contributed by atoms with van der Waals surface area (Å²) >= 11 is 0. The smallest absolute Gasteiger partial charge is 0.191 e. The Bertz CT molecular complexity index is 437. The summed E-state index contributed by atoms with van der Waals surface area (Å²) in [7, 11) is 0. The van der Waals surface area contributed by atoms with Crippen LogP contribution in [-0.2, 0) is 11.8 Å². The predicted octanol–water partition coefficient (Wildman–Crippen LogP) is 4.79. The van der Waals surface area contributed by atoms with Crippen LogP contribution < -0.4 is 0 Å². The summed E-state index contributed by atoms with van der Waals surface area (Å²) in [6.45, 7) is 0. The molecule has 0 aromatic heterocycles. The maximum atomic E-state index is 13.0. The Morgan fingerprint density at radius 1 is 0.700 bits per heavy atom. The number of benzene rings is 1. The molecule has 0 aliphatic carbocycles. The van der Waals surface area contributed by atoms with Crippen LogP contribution in [0.5, 0.6) is 0 Å². The second-order valence-corrected chi connectivity index (χ2v) is 3.60. The van der Waals surface area contributed by atoms with E-state index in [1.807, 2.05) is 0 Å². The number of hydrogen-bond donors (Lipinski definition) is 0. The summed E-state index contributed by atoms with van der Waals surface area (Å²) in [5, 5.41) is 0. The molecule has 0 aliphatic heterocycles. The fourth-order valence-electron chi connectivity index (χ4n) is 1.25. The minimum atomic E-state index is -6.33. The second kappa shape index (κ2) is 4.52. The zero-order valence-electron chi connectivity index (χ0n) is 9.01. The summed E-state index contributed by atoms with van der Waals surface area (Å²) in [4.78, 5) is 0. The van der Waals surface area contributed by atoms with E-state index in [1.54, 1.807) is 0 Å². The van der Waals surface area contributed by atoms with Crippen LogP contribution in [0.25, 0.3) is 0 Å². The van der Waals surface area contributed by atoms with Crippen LogP contribution in [0.1, 0.15) is 11.1 Å². The van der Waals surface area contributed by atoms with Crippen LogP contribution in [0.3, 0.4) is 0 Å². The molecule has 0 aliphatic rings. The average molecular weight is 313 g/mol. The van der Waals surface area contributed by atoms with E-state index in [4.69, 9.17) is 0 Å². The van der Waals surface area contributed by atoms with Crippen molar-refractivity contribution >= 4 is 0 Å². The molecular formula is C10H3F10. The van der Waals surface area contributed by atoms with Crippen molar-refractivity contribution in [3.8, 4) is 0 Å². The van der Waals surface area contributed by atoms with E-state index in [0.717, 1.165) is 6.07 Å². The lowest BCUT2D eigenvalue weighted by Crippen LogP contribution is -2.40. The van der Waals surface area contributed by atoms with Gasteiger partial charge in [0, 0.05) is 11.1 Å². The van der Waals surface area contributed by atoms with Crippen LogP contribution in [0, 0.1) is 6.07 Å². The highest BCUT2D eigenvalue weighted by molar-refractivity contribution is 5.35. The molecule has 0 amide bonds. The first-order chi connectivity index (χ1) is 8.73. The van der Waals surface area contributed by atoms with Gasteiger partial charge in [-0.2, -0.15) is 43.9 Å². The SMILES string of the molecule is FC(F)(F)C(F)(F)c1[c]cccc1C(F)(F)C(F)(F)F. The molecule has 0 saturated heterocycles. The standard InChI is InChI=1S/C10H3F10/c11-7(12,9(15,16)17)5-3-1-2-4-6(5)8(13,14)10(18,19)20/h1-3H. The fourth-order valence-corrected chi connectivity index (χ4v) is 1.25. The lowest BCUT2D eigenvalue weighted by molar-refractivity contribution is -0.301. The molecule has 0 fully saturated rings. The molecule has 1 radical (unpaired) electrons. The van der Waals surface area contributed by atoms with E-state index >= 15 is 0 Å². The van der Waals surface area contributed by atoms with Crippen molar-refractivity contribution < 1.29 is 43.9 Å². The monoisotopic (exact) mass is 313 g/mol. The molecule has 10 heteroatoms. The number of rotatable bonds is 2. The minimum Gasteiger partial charge on any atom is -0.191 e. The van der Waals surface area contributed by atoms with Crippen molar-refractivity contribution in [3.63, 3.8) is 0 Å². The van der Waals surface area contributed by atoms with Crippen molar-refractivity contribution in [2.24, 2.45) is 0 Å². The molecule has 0 nitrogen and oxygen atoms in total. The van der Waals surface area contributed by atoms with Crippen LogP contribution >= 0.6 is 0 Å². The second-order valence-electron chi connectivity index (χ2n) is 3.60. The van der Waals surface area contributed by atoms with E-state index in [2.05, 4.69) is 0 Å². The van der Waals surface area contributed by atoms with Gasteiger partial charge in [-0.1, -0.05) is 18.2 Å². The average Bonchev–Trinajstić information content (AvgIpc) is 2.26. The van der Waals surface area contributed by atoms with Gasteiger partial charge in [-0.25, -0.2) is 0 Å². The molecule has 20 heavy (non-hydrogen) atoms. The van der Waals surface area contributed by atoms with E-state index in [9.17, 15) is 43.9 Å². The third kappa shape index (κ3) is 2.55.